The number of nitriles is 1. The van der Waals surface area contributed by atoms with E-state index in [1.54, 1.807) is 28.8 Å². The lowest BCUT2D eigenvalue weighted by Gasteiger charge is -2.15. The predicted octanol–water partition coefficient (Wildman–Crippen LogP) is 2.73. The maximum atomic E-state index is 12.4. The molecule has 1 aromatic carbocycles. The summed E-state index contributed by atoms with van der Waals surface area (Å²) in [6, 6.07) is 11.0. The maximum absolute atomic E-state index is 12.4. The molecule has 2 heterocycles. The average Bonchev–Trinajstić information content (AvgIpc) is 3.00. The molecule has 1 N–H and O–H groups in total. The summed E-state index contributed by atoms with van der Waals surface area (Å²) >= 11 is 0. The second kappa shape index (κ2) is 5.78. The summed E-state index contributed by atoms with van der Waals surface area (Å²) in [5.74, 6) is -0.0257. The topological polar surface area (TPSA) is 83.1 Å². The van der Waals surface area contributed by atoms with Gasteiger partial charge in [0.1, 0.15) is 11.6 Å². The first-order valence-corrected chi connectivity index (χ1v) is 7.94. The van der Waals surface area contributed by atoms with Crippen LogP contribution in [0.15, 0.2) is 36.5 Å². The van der Waals surface area contributed by atoms with E-state index in [1.807, 2.05) is 12.3 Å². The Balaban J connectivity index is 1.78. The molecule has 24 heavy (non-hydrogen) atoms. The van der Waals surface area contributed by atoms with E-state index >= 15 is 0 Å². The van der Waals surface area contributed by atoms with Crippen LogP contribution in [0.25, 0.3) is 5.65 Å². The fraction of sp³-hybridized carbons (Fsp3) is 0.222. The average molecular weight is 317 g/mol. The molecule has 0 saturated heterocycles. The van der Waals surface area contributed by atoms with Gasteiger partial charge in [0.25, 0.3) is 5.91 Å². The van der Waals surface area contributed by atoms with E-state index in [0.29, 0.717) is 16.8 Å². The first kappa shape index (κ1) is 14.4. The van der Waals surface area contributed by atoms with Crippen LogP contribution in [0.1, 0.15) is 40.0 Å². The summed E-state index contributed by atoms with van der Waals surface area (Å²) in [7, 11) is 0. The summed E-state index contributed by atoms with van der Waals surface area (Å²) < 4.78 is 1.72. The van der Waals surface area contributed by atoms with Crippen molar-refractivity contribution in [1.82, 2.24) is 14.6 Å². The van der Waals surface area contributed by atoms with Crippen molar-refractivity contribution in [3.8, 4) is 6.07 Å². The van der Waals surface area contributed by atoms with E-state index in [0.717, 1.165) is 31.4 Å². The minimum atomic E-state index is -0.288. The van der Waals surface area contributed by atoms with Crippen LogP contribution in [0.2, 0.25) is 0 Å². The third-order valence-electron chi connectivity index (χ3n) is 4.32. The lowest BCUT2D eigenvalue weighted by molar-refractivity contribution is 0.102. The lowest BCUT2D eigenvalue weighted by Crippen LogP contribution is -2.13. The van der Waals surface area contributed by atoms with Crippen molar-refractivity contribution >= 4 is 17.4 Å². The van der Waals surface area contributed by atoms with Crippen LogP contribution in [-0.4, -0.2) is 20.5 Å². The van der Waals surface area contributed by atoms with Crippen molar-refractivity contribution in [1.29, 1.82) is 5.26 Å². The van der Waals surface area contributed by atoms with Crippen LogP contribution >= 0.6 is 0 Å². The molecule has 0 fully saturated rings. The standard InChI is InChI=1S/C18H15N5O/c19-10-14-16(21-18(24)12-6-2-1-3-7-12)22-23-15-9-5-4-8-13(15)11-20-17(14)23/h1-3,6-7,11H,4-5,8-9H2,(H,21,22,24). The lowest BCUT2D eigenvalue weighted by atomic mass is 9.97. The van der Waals surface area contributed by atoms with Crippen molar-refractivity contribution in [2.45, 2.75) is 25.7 Å². The number of rotatable bonds is 2. The largest absolute Gasteiger partial charge is 0.304 e. The smallest absolute Gasteiger partial charge is 0.256 e. The van der Waals surface area contributed by atoms with Crippen molar-refractivity contribution in [2.24, 2.45) is 0 Å². The molecule has 0 atom stereocenters. The van der Waals surface area contributed by atoms with Crippen LogP contribution in [-0.2, 0) is 12.8 Å². The van der Waals surface area contributed by atoms with Gasteiger partial charge in [0.05, 0.1) is 0 Å². The molecule has 3 aromatic rings. The molecule has 1 aliphatic carbocycles. The Morgan fingerprint density at radius 3 is 2.79 bits per heavy atom. The van der Waals surface area contributed by atoms with Gasteiger partial charge in [-0.05, 0) is 43.4 Å². The summed E-state index contributed by atoms with van der Waals surface area (Å²) in [6.07, 6.45) is 5.96. The highest BCUT2D eigenvalue weighted by Crippen LogP contribution is 2.25. The van der Waals surface area contributed by atoms with Gasteiger partial charge in [-0.25, -0.2) is 9.50 Å². The molecule has 0 bridgehead atoms. The number of fused-ring (bicyclic) bond motifs is 3. The number of hydrogen-bond acceptors (Lipinski definition) is 4. The normalized spacial score (nSPS) is 13.3. The highest BCUT2D eigenvalue weighted by atomic mass is 16.1. The molecule has 6 heteroatoms. The number of nitrogens with zero attached hydrogens (tertiary/aromatic N) is 4. The van der Waals surface area contributed by atoms with E-state index in [4.69, 9.17) is 0 Å². The molecule has 0 spiro atoms. The highest BCUT2D eigenvalue weighted by molar-refractivity contribution is 6.04. The molecule has 2 aromatic heterocycles. The number of anilines is 1. The Hall–Kier alpha value is -3.20. The molecule has 1 aliphatic rings. The summed E-state index contributed by atoms with van der Waals surface area (Å²) in [5, 5.41) is 16.7. The van der Waals surface area contributed by atoms with Gasteiger partial charge in [-0.2, -0.15) is 5.26 Å². The molecule has 6 nitrogen and oxygen atoms in total. The molecule has 0 aliphatic heterocycles. The number of benzene rings is 1. The van der Waals surface area contributed by atoms with Crippen LogP contribution in [0.3, 0.4) is 0 Å². The van der Waals surface area contributed by atoms with Crippen LogP contribution < -0.4 is 5.32 Å². The van der Waals surface area contributed by atoms with Gasteiger partial charge in [0.2, 0.25) is 0 Å². The Morgan fingerprint density at radius 2 is 2.00 bits per heavy atom. The Morgan fingerprint density at radius 1 is 1.21 bits per heavy atom. The number of hydrogen-bond donors (Lipinski definition) is 1. The van der Waals surface area contributed by atoms with E-state index in [9.17, 15) is 10.1 Å². The predicted molar refractivity (Wildman–Crippen MR) is 88.7 cm³/mol. The van der Waals surface area contributed by atoms with Gasteiger partial charge in [-0.15, -0.1) is 5.10 Å². The minimum absolute atomic E-state index is 0.262. The van der Waals surface area contributed by atoms with E-state index < -0.39 is 0 Å². The van der Waals surface area contributed by atoms with Gasteiger partial charge in [-0.3, -0.25) is 4.79 Å². The Kier molecular flexibility index (Phi) is 3.47. The van der Waals surface area contributed by atoms with Crippen LogP contribution in [0, 0.1) is 11.3 Å². The zero-order chi connectivity index (χ0) is 16.5. The van der Waals surface area contributed by atoms with Crippen molar-refractivity contribution in [2.75, 3.05) is 5.32 Å². The van der Waals surface area contributed by atoms with Crippen molar-refractivity contribution in [3.63, 3.8) is 0 Å². The molecule has 4 rings (SSSR count). The Bertz CT molecular complexity index is 968. The second-order valence-electron chi connectivity index (χ2n) is 5.83. The molecule has 0 unspecified atom stereocenters. The van der Waals surface area contributed by atoms with Gasteiger partial charge >= 0.3 is 0 Å². The SMILES string of the molecule is N#Cc1c(NC(=O)c2ccccc2)nn2c3c(cnc12)CCCC3. The first-order chi connectivity index (χ1) is 11.8. The van der Waals surface area contributed by atoms with Gasteiger partial charge in [0.15, 0.2) is 11.5 Å². The fourth-order valence-electron chi connectivity index (χ4n) is 3.11. The number of carbonyl (C=O) groups is 1. The second-order valence-corrected chi connectivity index (χ2v) is 5.83. The number of carbonyl (C=O) groups excluding carboxylic acids is 1. The summed E-state index contributed by atoms with van der Waals surface area (Å²) in [4.78, 5) is 16.8. The minimum Gasteiger partial charge on any atom is -0.304 e. The van der Waals surface area contributed by atoms with E-state index in [1.165, 1.54) is 5.56 Å². The van der Waals surface area contributed by atoms with Crippen molar-refractivity contribution in [3.05, 3.63) is 58.9 Å². The number of amides is 1. The molecule has 0 radical (unpaired) electrons. The van der Waals surface area contributed by atoms with E-state index in [-0.39, 0.29) is 11.7 Å². The summed E-state index contributed by atoms with van der Waals surface area (Å²) in [5.41, 5.74) is 3.58. The van der Waals surface area contributed by atoms with Gasteiger partial charge in [0, 0.05) is 17.5 Å². The number of nitrogens with one attached hydrogen (secondary N) is 1. The Labute approximate surface area is 138 Å². The fourth-order valence-corrected chi connectivity index (χ4v) is 3.11. The maximum Gasteiger partial charge on any atom is 0.256 e. The van der Waals surface area contributed by atoms with Gasteiger partial charge in [-0.1, -0.05) is 18.2 Å². The molecule has 0 saturated carbocycles. The summed E-state index contributed by atoms with van der Waals surface area (Å²) in [6.45, 7) is 0. The molecular weight excluding hydrogens is 302 g/mol. The van der Waals surface area contributed by atoms with Gasteiger partial charge < -0.3 is 5.32 Å². The zero-order valence-electron chi connectivity index (χ0n) is 13.0. The zero-order valence-corrected chi connectivity index (χ0v) is 13.0. The van der Waals surface area contributed by atoms with Crippen molar-refractivity contribution < 1.29 is 4.79 Å². The molecule has 1 amide bonds. The highest BCUT2D eigenvalue weighted by Gasteiger charge is 2.21. The first-order valence-electron chi connectivity index (χ1n) is 7.94. The monoisotopic (exact) mass is 317 g/mol. The molecular formula is C18H15N5O. The van der Waals surface area contributed by atoms with E-state index in [2.05, 4.69) is 21.5 Å². The third kappa shape index (κ3) is 2.31. The number of aryl methyl sites for hydroxylation is 2. The molecule has 118 valence electrons. The van der Waals surface area contributed by atoms with Crippen LogP contribution in [0.4, 0.5) is 5.82 Å². The third-order valence-corrected chi connectivity index (χ3v) is 4.32. The number of aromatic nitrogens is 3. The quantitative estimate of drug-likeness (QED) is 0.787. The van der Waals surface area contributed by atoms with Crippen LogP contribution in [0.5, 0.6) is 0 Å².